The number of hydrogen-bond donors (Lipinski definition) is 0. The Morgan fingerprint density at radius 2 is 1.45 bits per heavy atom. The lowest BCUT2D eigenvalue weighted by molar-refractivity contribution is 0.200. The second-order valence-electron chi connectivity index (χ2n) is 8.28. The molecule has 0 spiro atoms. The summed E-state index contributed by atoms with van der Waals surface area (Å²) in [6.07, 6.45) is 0.863. The van der Waals surface area contributed by atoms with Gasteiger partial charge < -0.3 is 4.90 Å². The van der Waals surface area contributed by atoms with E-state index in [-0.39, 0.29) is 11.9 Å². The first kappa shape index (κ1) is 21.3. The highest BCUT2D eigenvalue weighted by molar-refractivity contribution is 5.48. The van der Waals surface area contributed by atoms with Gasteiger partial charge in [0.2, 0.25) is 0 Å². The van der Waals surface area contributed by atoms with Crippen LogP contribution in [0.25, 0.3) is 0 Å². The van der Waals surface area contributed by atoms with Crippen LogP contribution in [0, 0.1) is 5.82 Å². The molecule has 1 aliphatic rings. The Labute approximate surface area is 193 Å². The van der Waals surface area contributed by atoms with Crippen molar-refractivity contribution in [2.24, 2.45) is 0 Å². The van der Waals surface area contributed by atoms with E-state index in [1.54, 1.807) is 6.07 Å². The van der Waals surface area contributed by atoms with Gasteiger partial charge in [0.15, 0.2) is 5.82 Å². The van der Waals surface area contributed by atoms with Crippen molar-refractivity contribution in [1.82, 2.24) is 25.1 Å². The summed E-state index contributed by atoms with van der Waals surface area (Å²) in [6.45, 7) is 3.79. The topological polar surface area (TPSA) is 50.1 Å². The molecular formula is C26H27FN6. The van der Waals surface area contributed by atoms with Gasteiger partial charge in [-0.25, -0.2) is 9.07 Å². The molecule has 5 rings (SSSR count). The van der Waals surface area contributed by atoms with E-state index in [0.29, 0.717) is 12.2 Å². The molecule has 3 aromatic carbocycles. The van der Waals surface area contributed by atoms with Gasteiger partial charge in [0.05, 0.1) is 11.7 Å². The Morgan fingerprint density at radius 1 is 0.788 bits per heavy atom. The molecule has 0 amide bonds. The molecule has 7 heteroatoms. The van der Waals surface area contributed by atoms with E-state index in [0.717, 1.165) is 44.0 Å². The van der Waals surface area contributed by atoms with Crippen LogP contribution in [0.2, 0.25) is 0 Å². The van der Waals surface area contributed by atoms with Crippen LogP contribution >= 0.6 is 0 Å². The van der Waals surface area contributed by atoms with Crippen molar-refractivity contribution in [3.05, 3.63) is 108 Å². The van der Waals surface area contributed by atoms with Crippen LogP contribution < -0.4 is 4.90 Å². The highest BCUT2D eigenvalue weighted by Crippen LogP contribution is 2.29. The van der Waals surface area contributed by atoms with Crippen molar-refractivity contribution in [1.29, 1.82) is 0 Å². The van der Waals surface area contributed by atoms with Gasteiger partial charge in [-0.2, -0.15) is 0 Å². The number of aryl methyl sites for hydroxylation is 2. The van der Waals surface area contributed by atoms with Gasteiger partial charge in [-0.1, -0.05) is 72.8 Å². The quantitative estimate of drug-likeness (QED) is 0.434. The number of aromatic nitrogens is 4. The number of hydrogen-bond acceptors (Lipinski definition) is 5. The molecule has 1 saturated heterocycles. The van der Waals surface area contributed by atoms with Crippen molar-refractivity contribution in [2.75, 3.05) is 31.1 Å². The van der Waals surface area contributed by atoms with Crippen LogP contribution in [0.3, 0.4) is 0 Å². The molecular weight excluding hydrogens is 415 g/mol. The second-order valence-corrected chi connectivity index (χ2v) is 8.28. The molecule has 0 aliphatic carbocycles. The van der Waals surface area contributed by atoms with E-state index in [1.807, 2.05) is 28.9 Å². The van der Waals surface area contributed by atoms with E-state index in [1.165, 1.54) is 11.6 Å². The molecule has 1 aliphatic heterocycles. The van der Waals surface area contributed by atoms with Crippen molar-refractivity contribution in [2.45, 2.75) is 19.0 Å². The maximum atomic E-state index is 14.3. The summed E-state index contributed by atoms with van der Waals surface area (Å²) >= 11 is 0. The van der Waals surface area contributed by atoms with Crippen molar-refractivity contribution in [3.63, 3.8) is 0 Å². The van der Waals surface area contributed by atoms with E-state index in [9.17, 15) is 4.39 Å². The lowest BCUT2D eigenvalue weighted by atomic mass is 10.0. The molecule has 0 unspecified atom stereocenters. The zero-order valence-corrected chi connectivity index (χ0v) is 18.5. The first-order valence-electron chi connectivity index (χ1n) is 11.4. The molecule has 1 aromatic heterocycles. The van der Waals surface area contributed by atoms with Crippen molar-refractivity contribution in [3.8, 4) is 0 Å². The summed E-state index contributed by atoms with van der Waals surface area (Å²) in [5.74, 6) is 0.673. The summed E-state index contributed by atoms with van der Waals surface area (Å²) in [6, 6.07) is 27.7. The Bertz CT molecular complexity index is 1160. The van der Waals surface area contributed by atoms with Gasteiger partial charge in [0.25, 0.3) is 0 Å². The third-order valence-corrected chi connectivity index (χ3v) is 6.25. The van der Waals surface area contributed by atoms with Gasteiger partial charge in [0, 0.05) is 32.7 Å². The number of halogens is 1. The predicted octanol–water partition coefficient (Wildman–Crippen LogP) is 3.97. The van der Waals surface area contributed by atoms with Crippen LogP contribution in [-0.4, -0.2) is 51.3 Å². The molecule has 0 radical (unpaired) electrons. The fourth-order valence-electron chi connectivity index (χ4n) is 4.53. The van der Waals surface area contributed by atoms with Crippen molar-refractivity contribution >= 4 is 5.69 Å². The maximum Gasteiger partial charge on any atom is 0.173 e. The normalized spacial score (nSPS) is 15.5. The fraction of sp³-hybridized carbons (Fsp3) is 0.269. The van der Waals surface area contributed by atoms with Crippen LogP contribution in [0.1, 0.15) is 23.0 Å². The summed E-state index contributed by atoms with van der Waals surface area (Å²) in [7, 11) is 0. The summed E-state index contributed by atoms with van der Waals surface area (Å²) in [4.78, 5) is 4.52. The molecule has 0 saturated carbocycles. The molecule has 168 valence electrons. The first-order chi connectivity index (χ1) is 16.3. The minimum Gasteiger partial charge on any atom is -0.367 e. The maximum absolute atomic E-state index is 14.3. The average molecular weight is 443 g/mol. The monoisotopic (exact) mass is 442 g/mol. The third-order valence-electron chi connectivity index (χ3n) is 6.25. The second kappa shape index (κ2) is 9.92. The smallest absolute Gasteiger partial charge is 0.173 e. The number of para-hydroxylation sites is 1. The Morgan fingerprint density at radius 3 is 2.18 bits per heavy atom. The Kier molecular flexibility index (Phi) is 6.39. The highest BCUT2D eigenvalue weighted by Gasteiger charge is 2.31. The van der Waals surface area contributed by atoms with Gasteiger partial charge in [-0.3, -0.25) is 4.90 Å². The summed E-state index contributed by atoms with van der Waals surface area (Å²) in [5.41, 5.74) is 3.09. The van der Waals surface area contributed by atoms with Gasteiger partial charge in [-0.05, 0) is 40.1 Å². The number of nitrogens with zero attached hydrogens (tertiary/aromatic N) is 6. The van der Waals surface area contributed by atoms with E-state index in [2.05, 4.69) is 73.9 Å². The average Bonchev–Trinajstić information content (AvgIpc) is 3.33. The Hall–Kier alpha value is -3.58. The van der Waals surface area contributed by atoms with Gasteiger partial charge in [-0.15, -0.1) is 5.10 Å². The highest BCUT2D eigenvalue weighted by atomic mass is 19.1. The number of anilines is 1. The first-order valence-corrected chi connectivity index (χ1v) is 11.4. The zero-order valence-electron chi connectivity index (χ0n) is 18.5. The summed E-state index contributed by atoms with van der Waals surface area (Å²) < 4.78 is 16.2. The third kappa shape index (κ3) is 4.78. The molecule has 1 atom stereocenters. The van der Waals surface area contributed by atoms with E-state index < -0.39 is 0 Å². The number of rotatable bonds is 7. The molecule has 2 heterocycles. The van der Waals surface area contributed by atoms with E-state index in [4.69, 9.17) is 0 Å². The summed E-state index contributed by atoms with van der Waals surface area (Å²) in [5, 5.41) is 12.8. The van der Waals surface area contributed by atoms with Crippen LogP contribution in [0.4, 0.5) is 10.1 Å². The molecule has 1 fully saturated rings. The van der Waals surface area contributed by atoms with Gasteiger partial charge in [0.1, 0.15) is 5.82 Å². The molecule has 0 bridgehead atoms. The lowest BCUT2D eigenvalue weighted by Crippen LogP contribution is -2.48. The fourth-order valence-corrected chi connectivity index (χ4v) is 4.53. The Balaban J connectivity index is 1.37. The van der Waals surface area contributed by atoms with Crippen LogP contribution in [0.5, 0.6) is 0 Å². The molecule has 4 aromatic rings. The predicted molar refractivity (Wildman–Crippen MR) is 126 cm³/mol. The largest absolute Gasteiger partial charge is 0.367 e. The van der Waals surface area contributed by atoms with Crippen LogP contribution in [-0.2, 0) is 13.0 Å². The standard InChI is InChI=1S/C26H27FN6/c27-23-13-7-8-14-24(23)31-17-19-32(20-18-31)25(22-11-5-2-6-12-22)26-28-29-30-33(26)16-15-21-9-3-1-4-10-21/h1-14,25H,15-20H2/t25-/m0/s1. The number of piperazine rings is 1. The minimum atomic E-state index is -0.171. The number of benzene rings is 3. The molecule has 6 nitrogen and oxygen atoms in total. The van der Waals surface area contributed by atoms with Gasteiger partial charge >= 0.3 is 0 Å². The molecule has 0 N–H and O–H groups in total. The van der Waals surface area contributed by atoms with Crippen LogP contribution in [0.15, 0.2) is 84.9 Å². The van der Waals surface area contributed by atoms with E-state index >= 15 is 0 Å². The lowest BCUT2D eigenvalue weighted by Gasteiger charge is -2.40. The zero-order chi connectivity index (χ0) is 22.5. The number of tetrazole rings is 1. The SMILES string of the molecule is Fc1ccccc1N1CCN([C@@H](c2ccccc2)c2nnnn2CCc2ccccc2)CC1. The molecule has 33 heavy (non-hydrogen) atoms. The minimum absolute atomic E-state index is 0.0558. The van der Waals surface area contributed by atoms with Crippen molar-refractivity contribution < 1.29 is 4.39 Å².